The summed E-state index contributed by atoms with van der Waals surface area (Å²) in [6.45, 7) is 0. The van der Waals surface area contributed by atoms with E-state index >= 15 is 0 Å². The van der Waals surface area contributed by atoms with Crippen molar-refractivity contribution in [1.29, 1.82) is 0 Å². The average Bonchev–Trinajstić information content (AvgIpc) is 2.82. The number of oxazole rings is 1. The summed E-state index contributed by atoms with van der Waals surface area (Å²) in [6.07, 6.45) is 0. The van der Waals surface area contributed by atoms with Crippen LogP contribution in [0.2, 0.25) is 0 Å². The number of hydrogen-bond donors (Lipinski definition) is 1. The van der Waals surface area contributed by atoms with Crippen molar-refractivity contribution < 1.29 is 14.3 Å². The molecule has 3 rings (SSSR count). The second kappa shape index (κ2) is 4.51. The molecule has 4 nitrogen and oxygen atoms in total. The van der Waals surface area contributed by atoms with E-state index in [1.54, 1.807) is 12.1 Å². The van der Waals surface area contributed by atoms with E-state index in [2.05, 4.69) is 20.9 Å². The Hall–Kier alpha value is -2.14. The third-order valence-electron chi connectivity index (χ3n) is 2.75. The monoisotopic (exact) mass is 317 g/mol. The summed E-state index contributed by atoms with van der Waals surface area (Å²) in [4.78, 5) is 15.4. The Bertz CT molecular complexity index is 779. The second-order valence-electron chi connectivity index (χ2n) is 3.96. The standard InChI is InChI=1S/C14H8BrNO3/c15-10-6-2-1-4-8(10)13-16-12-9(14(17)18)5-3-7-11(12)19-13/h1-7H,(H,17,18). The largest absolute Gasteiger partial charge is 0.478 e. The molecule has 0 saturated carbocycles. The molecular formula is C14H8BrNO3. The van der Waals surface area contributed by atoms with Crippen molar-refractivity contribution in [2.24, 2.45) is 0 Å². The summed E-state index contributed by atoms with van der Waals surface area (Å²) in [5, 5.41) is 9.13. The van der Waals surface area contributed by atoms with Crippen molar-refractivity contribution in [3.05, 3.63) is 52.5 Å². The Morgan fingerprint density at radius 1 is 1.16 bits per heavy atom. The molecule has 0 spiro atoms. The fraction of sp³-hybridized carbons (Fsp3) is 0. The molecule has 0 aliphatic heterocycles. The Balaban J connectivity index is 2.26. The van der Waals surface area contributed by atoms with Crippen molar-refractivity contribution in [3.63, 3.8) is 0 Å². The van der Waals surface area contributed by atoms with Gasteiger partial charge in [-0.25, -0.2) is 9.78 Å². The molecule has 2 aromatic carbocycles. The summed E-state index contributed by atoms with van der Waals surface area (Å²) < 4.78 is 6.47. The van der Waals surface area contributed by atoms with Crippen LogP contribution in [-0.4, -0.2) is 16.1 Å². The minimum Gasteiger partial charge on any atom is -0.478 e. The lowest BCUT2D eigenvalue weighted by Gasteiger charge is -1.97. The second-order valence-corrected chi connectivity index (χ2v) is 4.81. The number of nitrogens with zero attached hydrogens (tertiary/aromatic N) is 1. The average molecular weight is 318 g/mol. The number of carboxylic acids is 1. The Kier molecular flexibility index (Phi) is 2.83. The minimum atomic E-state index is -1.02. The van der Waals surface area contributed by atoms with E-state index < -0.39 is 5.97 Å². The minimum absolute atomic E-state index is 0.138. The predicted molar refractivity (Wildman–Crippen MR) is 74.1 cm³/mol. The third-order valence-corrected chi connectivity index (χ3v) is 3.45. The van der Waals surface area contributed by atoms with Crippen LogP contribution in [0.4, 0.5) is 0 Å². The number of carboxylic acid groups (broad SMARTS) is 1. The Morgan fingerprint density at radius 3 is 2.68 bits per heavy atom. The molecule has 0 aliphatic carbocycles. The van der Waals surface area contributed by atoms with Crippen LogP contribution in [0.15, 0.2) is 51.4 Å². The van der Waals surface area contributed by atoms with Crippen molar-refractivity contribution in [1.82, 2.24) is 4.98 Å². The highest BCUT2D eigenvalue weighted by atomic mass is 79.9. The summed E-state index contributed by atoms with van der Waals surface area (Å²) in [7, 11) is 0. The highest BCUT2D eigenvalue weighted by Crippen LogP contribution is 2.30. The highest BCUT2D eigenvalue weighted by Gasteiger charge is 2.16. The number of hydrogen-bond acceptors (Lipinski definition) is 3. The Labute approximate surface area is 116 Å². The van der Waals surface area contributed by atoms with Crippen LogP contribution in [0.5, 0.6) is 0 Å². The summed E-state index contributed by atoms with van der Waals surface area (Å²) in [5.41, 5.74) is 1.75. The SMILES string of the molecule is O=C(O)c1cccc2oc(-c3ccccc3Br)nc12. The van der Waals surface area contributed by atoms with Crippen molar-refractivity contribution in [3.8, 4) is 11.5 Å². The molecule has 0 saturated heterocycles. The van der Waals surface area contributed by atoms with E-state index in [4.69, 9.17) is 9.52 Å². The zero-order valence-electron chi connectivity index (χ0n) is 9.63. The van der Waals surface area contributed by atoms with Gasteiger partial charge in [0.2, 0.25) is 5.89 Å². The highest BCUT2D eigenvalue weighted by molar-refractivity contribution is 9.10. The van der Waals surface area contributed by atoms with Crippen LogP contribution in [0.1, 0.15) is 10.4 Å². The van der Waals surface area contributed by atoms with Crippen LogP contribution < -0.4 is 0 Å². The third kappa shape index (κ3) is 2.02. The van der Waals surface area contributed by atoms with Crippen molar-refractivity contribution >= 4 is 33.0 Å². The molecule has 0 aliphatic rings. The molecule has 0 bridgehead atoms. The van der Waals surface area contributed by atoms with Crippen LogP contribution >= 0.6 is 15.9 Å². The van der Waals surface area contributed by atoms with Gasteiger partial charge < -0.3 is 9.52 Å². The van der Waals surface area contributed by atoms with Gasteiger partial charge in [0.05, 0.1) is 11.1 Å². The smallest absolute Gasteiger partial charge is 0.338 e. The van der Waals surface area contributed by atoms with Crippen LogP contribution in [0.25, 0.3) is 22.6 Å². The lowest BCUT2D eigenvalue weighted by Crippen LogP contribution is -1.96. The number of benzene rings is 2. The Morgan fingerprint density at radius 2 is 1.95 bits per heavy atom. The van der Waals surface area contributed by atoms with Crippen LogP contribution in [0, 0.1) is 0 Å². The maximum atomic E-state index is 11.1. The molecular weight excluding hydrogens is 310 g/mol. The zero-order valence-corrected chi connectivity index (χ0v) is 11.2. The number of rotatable bonds is 2. The first-order valence-corrected chi connectivity index (χ1v) is 6.34. The number of para-hydroxylation sites is 1. The van der Waals surface area contributed by atoms with E-state index in [0.717, 1.165) is 10.0 Å². The maximum Gasteiger partial charge on any atom is 0.338 e. The number of fused-ring (bicyclic) bond motifs is 1. The van der Waals surface area contributed by atoms with Crippen LogP contribution in [-0.2, 0) is 0 Å². The molecule has 0 radical (unpaired) electrons. The normalized spacial score (nSPS) is 10.8. The summed E-state index contributed by atoms with van der Waals surface area (Å²) >= 11 is 3.42. The topological polar surface area (TPSA) is 63.3 Å². The number of carbonyl (C=O) groups is 1. The first-order chi connectivity index (χ1) is 9.16. The lowest BCUT2D eigenvalue weighted by atomic mass is 10.2. The van der Waals surface area contributed by atoms with Gasteiger partial charge in [-0.2, -0.15) is 0 Å². The zero-order chi connectivity index (χ0) is 13.4. The van der Waals surface area contributed by atoms with E-state index in [-0.39, 0.29) is 5.56 Å². The van der Waals surface area contributed by atoms with Crippen LogP contribution in [0.3, 0.4) is 0 Å². The summed E-state index contributed by atoms with van der Waals surface area (Å²) in [5.74, 6) is -0.617. The summed E-state index contributed by atoms with van der Waals surface area (Å²) in [6, 6.07) is 12.3. The molecule has 94 valence electrons. The molecule has 1 heterocycles. The molecule has 0 fully saturated rings. The lowest BCUT2D eigenvalue weighted by molar-refractivity contribution is 0.0699. The van der Waals surface area contributed by atoms with Gasteiger partial charge in [0.25, 0.3) is 0 Å². The van der Waals surface area contributed by atoms with Gasteiger partial charge in [0.15, 0.2) is 5.58 Å². The van der Waals surface area contributed by atoms with E-state index in [9.17, 15) is 4.79 Å². The first kappa shape index (κ1) is 11.9. The quantitative estimate of drug-likeness (QED) is 0.777. The predicted octanol–water partition coefficient (Wildman–Crippen LogP) is 3.96. The first-order valence-electron chi connectivity index (χ1n) is 5.54. The fourth-order valence-corrected chi connectivity index (χ4v) is 2.33. The number of halogens is 1. The van der Waals surface area contributed by atoms with Gasteiger partial charge in [-0.05, 0) is 40.2 Å². The molecule has 0 amide bonds. The van der Waals surface area contributed by atoms with Crippen molar-refractivity contribution in [2.75, 3.05) is 0 Å². The molecule has 1 aromatic heterocycles. The molecule has 0 unspecified atom stereocenters. The van der Waals surface area contributed by atoms with Gasteiger partial charge in [-0.1, -0.05) is 18.2 Å². The van der Waals surface area contributed by atoms with E-state index in [1.807, 2.05) is 24.3 Å². The van der Waals surface area contributed by atoms with Gasteiger partial charge in [-0.3, -0.25) is 0 Å². The molecule has 0 atom stereocenters. The molecule has 19 heavy (non-hydrogen) atoms. The van der Waals surface area contributed by atoms with Gasteiger partial charge >= 0.3 is 5.97 Å². The number of aromatic carboxylic acids is 1. The van der Waals surface area contributed by atoms with Crippen molar-refractivity contribution in [2.45, 2.75) is 0 Å². The van der Waals surface area contributed by atoms with E-state index in [1.165, 1.54) is 6.07 Å². The fourth-order valence-electron chi connectivity index (χ4n) is 1.87. The van der Waals surface area contributed by atoms with Gasteiger partial charge in [-0.15, -0.1) is 0 Å². The van der Waals surface area contributed by atoms with Gasteiger partial charge in [0.1, 0.15) is 5.52 Å². The molecule has 5 heteroatoms. The number of aromatic nitrogens is 1. The molecule has 3 aromatic rings. The van der Waals surface area contributed by atoms with E-state index in [0.29, 0.717) is 17.0 Å². The molecule has 1 N–H and O–H groups in total. The van der Waals surface area contributed by atoms with Gasteiger partial charge in [0, 0.05) is 4.47 Å². The maximum absolute atomic E-state index is 11.1.